The van der Waals surface area contributed by atoms with Crippen LogP contribution in [0.25, 0.3) is 11.3 Å². The number of piperidine rings is 1. The van der Waals surface area contributed by atoms with Gasteiger partial charge in [0.1, 0.15) is 23.7 Å². The smallest absolute Gasteiger partial charge is 0.410 e. The molecule has 194 valence electrons. The van der Waals surface area contributed by atoms with Crippen LogP contribution >= 0.6 is 11.6 Å². The third-order valence-electron chi connectivity index (χ3n) is 6.67. The minimum atomic E-state index is -0.516. The van der Waals surface area contributed by atoms with Crippen LogP contribution in [0.4, 0.5) is 4.79 Å². The van der Waals surface area contributed by atoms with E-state index in [1.54, 1.807) is 12.3 Å². The van der Waals surface area contributed by atoms with E-state index in [0.29, 0.717) is 33.8 Å². The van der Waals surface area contributed by atoms with Crippen molar-refractivity contribution in [1.29, 1.82) is 0 Å². The molecule has 0 aliphatic carbocycles. The van der Waals surface area contributed by atoms with E-state index in [-0.39, 0.29) is 24.3 Å². The van der Waals surface area contributed by atoms with Gasteiger partial charge in [0.2, 0.25) is 11.8 Å². The van der Waals surface area contributed by atoms with Gasteiger partial charge >= 0.3 is 6.09 Å². The van der Waals surface area contributed by atoms with Crippen LogP contribution in [0.5, 0.6) is 17.5 Å². The zero-order valence-electron chi connectivity index (χ0n) is 21.5. The molecule has 8 nitrogen and oxygen atoms in total. The minimum Gasteiger partial charge on any atom is -0.474 e. The lowest BCUT2D eigenvalue weighted by Crippen LogP contribution is -2.50. The molecule has 9 heteroatoms. The molecule has 5 rings (SSSR count). The van der Waals surface area contributed by atoms with E-state index in [1.807, 2.05) is 62.9 Å². The zero-order valence-corrected chi connectivity index (χ0v) is 22.2. The monoisotopic (exact) mass is 522 g/mol. The van der Waals surface area contributed by atoms with E-state index in [0.717, 1.165) is 31.2 Å². The molecule has 2 saturated heterocycles. The standard InChI is InChI=1S/C28H31ClN4O4/c1-17-25(35-20-14-18-11-12-19(15-20)33(18)27(34)37-28(2,3)4)31-16-32-26(17)36-23-10-7-13-30-24(23)21-8-5-6-9-22(21)29/h5-10,13,16,18-20H,11-12,14-15H2,1-4H3. The third kappa shape index (κ3) is 5.49. The molecule has 2 aliphatic rings. The second-order valence-corrected chi connectivity index (χ2v) is 10.9. The molecular weight excluding hydrogens is 492 g/mol. The Morgan fingerprint density at radius 2 is 1.70 bits per heavy atom. The van der Waals surface area contributed by atoms with Gasteiger partial charge in [-0.05, 0) is 58.7 Å². The first-order chi connectivity index (χ1) is 17.7. The van der Waals surface area contributed by atoms with Crippen molar-refractivity contribution in [3.05, 3.63) is 59.5 Å². The number of ether oxygens (including phenoxy) is 3. The molecule has 0 saturated carbocycles. The number of fused-ring (bicyclic) bond motifs is 2. The van der Waals surface area contributed by atoms with Crippen LogP contribution in [0.15, 0.2) is 48.9 Å². The van der Waals surface area contributed by atoms with Crippen molar-refractivity contribution in [2.75, 3.05) is 0 Å². The molecule has 2 aliphatic heterocycles. The molecule has 1 aromatic carbocycles. The lowest BCUT2D eigenvalue weighted by Gasteiger charge is -2.39. The third-order valence-corrected chi connectivity index (χ3v) is 7.00. The Balaban J connectivity index is 1.31. The molecule has 37 heavy (non-hydrogen) atoms. The lowest BCUT2D eigenvalue weighted by atomic mass is 10.00. The largest absolute Gasteiger partial charge is 0.474 e. The summed E-state index contributed by atoms with van der Waals surface area (Å²) in [6, 6.07) is 11.3. The van der Waals surface area contributed by atoms with Crippen molar-refractivity contribution in [1.82, 2.24) is 19.9 Å². The highest BCUT2D eigenvalue weighted by Gasteiger charge is 2.45. The Kier molecular flexibility index (Phi) is 6.94. The molecule has 2 aromatic heterocycles. The molecule has 3 aromatic rings. The average molecular weight is 523 g/mol. The topological polar surface area (TPSA) is 86.7 Å². The predicted octanol–water partition coefficient (Wildman–Crippen LogP) is 6.60. The fraction of sp³-hybridized carbons (Fsp3) is 0.429. The Hall–Kier alpha value is -3.39. The average Bonchev–Trinajstić information content (AvgIpc) is 3.12. The predicted molar refractivity (Wildman–Crippen MR) is 140 cm³/mol. The van der Waals surface area contributed by atoms with Gasteiger partial charge in [0.15, 0.2) is 5.75 Å². The summed E-state index contributed by atoms with van der Waals surface area (Å²) in [6.45, 7) is 7.55. The van der Waals surface area contributed by atoms with Gasteiger partial charge in [-0.2, -0.15) is 0 Å². The van der Waals surface area contributed by atoms with Crippen molar-refractivity contribution < 1.29 is 19.0 Å². The number of carbonyl (C=O) groups excluding carboxylic acids is 1. The summed E-state index contributed by atoms with van der Waals surface area (Å²) in [5.41, 5.74) is 1.58. The lowest BCUT2D eigenvalue weighted by molar-refractivity contribution is -0.00772. The first-order valence-electron chi connectivity index (χ1n) is 12.6. The fourth-order valence-electron chi connectivity index (χ4n) is 5.07. The number of benzene rings is 1. The van der Waals surface area contributed by atoms with Gasteiger partial charge in [0.25, 0.3) is 0 Å². The van der Waals surface area contributed by atoms with Crippen molar-refractivity contribution in [3.8, 4) is 28.8 Å². The van der Waals surface area contributed by atoms with Crippen molar-refractivity contribution in [2.24, 2.45) is 0 Å². The number of hydrogen-bond acceptors (Lipinski definition) is 7. The number of carbonyl (C=O) groups is 1. The van der Waals surface area contributed by atoms with Crippen LogP contribution in [-0.2, 0) is 4.74 Å². The van der Waals surface area contributed by atoms with Crippen LogP contribution in [0.1, 0.15) is 52.0 Å². The summed E-state index contributed by atoms with van der Waals surface area (Å²) >= 11 is 6.41. The second kappa shape index (κ2) is 10.2. The Bertz CT molecular complexity index is 1280. The molecule has 2 atom stereocenters. The van der Waals surface area contributed by atoms with Gasteiger partial charge in [-0.1, -0.05) is 29.8 Å². The fourth-order valence-corrected chi connectivity index (χ4v) is 5.29. The van der Waals surface area contributed by atoms with E-state index in [2.05, 4.69) is 15.0 Å². The van der Waals surface area contributed by atoms with Crippen molar-refractivity contribution in [3.63, 3.8) is 0 Å². The maximum Gasteiger partial charge on any atom is 0.410 e. The molecular formula is C28H31ClN4O4. The van der Waals surface area contributed by atoms with Crippen LogP contribution in [0.3, 0.4) is 0 Å². The highest BCUT2D eigenvalue weighted by molar-refractivity contribution is 6.33. The Labute approximate surface area is 222 Å². The molecule has 2 unspecified atom stereocenters. The van der Waals surface area contributed by atoms with Gasteiger partial charge in [-0.25, -0.2) is 14.8 Å². The maximum absolute atomic E-state index is 12.8. The van der Waals surface area contributed by atoms with Gasteiger partial charge in [0, 0.05) is 36.7 Å². The van der Waals surface area contributed by atoms with E-state index in [4.69, 9.17) is 25.8 Å². The summed E-state index contributed by atoms with van der Waals surface area (Å²) in [5, 5.41) is 0.585. The van der Waals surface area contributed by atoms with E-state index in [1.165, 1.54) is 6.33 Å². The molecule has 1 amide bonds. The van der Waals surface area contributed by atoms with E-state index in [9.17, 15) is 4.79 Å². The van der Waals surface area contributed by atoms with Gasteiger partial charge in [-0.15, -0.1) is 0 Å². The number of hydrogen-bond donors (Lipinski definition) is 0. The SMILES string of the molecule is Cc1c(Oc2cccnc2-c2ccccc2Cl)ncnc1OC1CC2CCC(C1)N2C(=O)OC(C)(C)C. The maximum atomic E-state index is 12.8. The molecule has 2 bridgehead atoms. The van der Waals surface area contributed by atoms with Gasteiger partial charge in [0.05, 0.1) is 10.6 Å². The Morgan fingerprint density at radius 3 is 2.41 bits per heavy atom. The van der Waals surface area contributed by atoms with Crippen LogP contribution < -0.4 is 9.47 Å². The Morgan fingerprint density at radius 1 is 1.00 bits per heavy atom. The summed E-state index contributed by atoms with van der Waals surface area (Å²) in [6.07, 6.45) is 6.20. The number of amides is 1. The quantitative estimate of drug-likeness (QED) is 0.373. The second-order valence-electron chi connectivity index (χ2n) is 10.5. The minimum absolute atomic E-state index is 0.0604. The summed E-state index contributed by atoms with van der Waals surface area (Å²) in [5.74, 6) is 1.40. The number of rotatable bonds is 5. The van der Waals surface area contributed by atoms with Gasteiger partial charge < -0.3 is 19.1 Å². The van der Waals surface area contributed by atoms with Crippen LogP contribution in [0.2, 0.25) is 5.02 Å². The zero-order chi connectivity index (χ0) is 26.2. The highest BCUT2D eigenvalue weighted by Crippen LogP contribution is 2.40. The summed E-state index contributed by atoms with van der Waals surface area (Å²) in [7, 11) is 0. The molecule has 0 spiro atoms. The van der Waals surface area contributed by atoms with E-state index >= 15 is 0 Å². The first-order valence-corrected chi connectivity index (χ1v) is 12.9. The van der Waals surface area contributed by atoms with E-state index < -0.39 is 5.60 Å². The van der Waals surface area contributed by atoms with Crippen LogP contribution in [0, 0.1) is 6.92 Å². The van der Waals surface area contributed by atoms with Crippen LogP contribution in [-0.4, -0.2) is 49.7 Å². The molecule has 4 heterocycles. The van der Waals surface area contributed by atoms with Crippen molar-refractivity contribution >= 4 is 17.7 Å². The normalized spacial score (nSPS) is 21.0. The number of aromatic nitrogens is 3. The van der Waals surface area contributed by atoms with Crippen molar-refractivity contribution in [2.45, 2.75) is 77.2 Å². The molecule has 2 fully saturated rings. The first kappa shape index (κ1) is 25.3. The van der Waals surface area contributed by atoms with Gasteiger partial charge in [-0.3, -0.25) is 4.98 Å². The number of nitrogens with zero attached hydrogens (tertiary/aromatic N) is 4. The summed E-state index contributed by atoms with van der Waals surface area (Å²) < 4.78 is 18.2. The summed E-state index contributed by atoms with van der Waals surface area (Å²) in [4.78, 5) is 27.9. The molecule has 0 radical (unpaired) electrons. The molecule has 0 N–H and O–H groups in total. The number of pyridine rings is 1. The highest BCUT2D eigenvalue weighted by atomic mass is 35.5. The number of halogens is 1.